The first-order valence-electron chi connectivity index (χ1n) is 10.6. The summed E-state index contributed by atoms with van der Waals surface area (Å²) >= 11 is 1.07. The van der Waals surface area contributed by atoms with Gasteiger partial charge in [-0.1, -0.05) is 66.4 Å². The first-order chi connectivity index (χ1) is 16.9. The molecule has 7 nitrogen and oxygen atoms in total. The van der Waals surface area contributed by atoms with Gasteiger partial charge in [-0.15, -0.1) is 0 Å². The van der Waals surface area contributed by atoms with E-state index in [0.29, 0.717) is 22.6 Å². The van der Waals surface area contributed by atoms with Crippen LogP contribution in [0.3, 0.4) is 0 Å². The van der Waals surface area contributed by atoms with Gasteiger partial charge in [0, 0.05) is 11.3 Å². The van der Waals surface area contributed by atoms with Crippen molar-refractivity contribution in [2.45, 2.75) is 16.6 Å². The summed E-state index contributed by atoms with van der Waals surface area (Å²) in [5.41, 5.74) is 2.70. The Morgan fingerprint density at radius 1 is 1.00 bits per heavy atom. The van der Waals surface area contributed by atoms with E-state index in [1.165, 1.54) is 28.7 Å². The Morgan fingerprint density at radius 2 is 1.77 bits per heavy atom. The Labute approximate surface area is 206 Å². The van der Waals surface area contributed by atoms with Gasteiger partial charge in [0.05, 0.1) is 29.9 Å². The van der Waals surface area contributed by atoms with Gasteiger partial charge in [-0.05, 0) is 29.8 Å². The molecule has 0 unspecified atom stereocenters. The summed E-state index contributed by atoms with van der Waals surface area (Å²) in [6, 6.07) is 22.1. The predicted molar refractivity (Wildman–Crippen MR) is 133 cm³/mol. The van der Waals surface area contributed by atoms with Gasteiger partial charge in [0.15, 0.2) is 5.16 Å². The van der Waals surface area contributed by atoms with Crippen molar-refractivity contribution in [2.75, 3.05) is 15.4 Å². The number of rotatable bonds is 6. The summed E-state index contributed by atoms with van der Waals surface area (Å²) in [6.07, 6.45) is 1.29. The molecule has 0 atom stereocenters. The molecule has 0 radical (unpaired) electrons. The summed E-state index contributed by atoms with van der Waals surface area (Å²) < 4.78 is 41.7. The van der Waals surface area contributed by atoms with Gasteiger partial charge in [0.25, 0.3) is 10.0 Å². The molecule has 1 aromatic heterocycles. The van der Waals surface area contributed by atoms with Crippen LogP contribution >= 0.6 is 11.8 Å². The second-order valence-electron chi connectivity index (χ2n) is 7.73. The maximum atomic E-state index is 13.5. The molecule has 0 spiro atoms. The van der Waals surface area contributed by atoms with Crippen molar-refractivity contribution < 1.29 is 17.6 Å². The van der Waals surface area contributed by atoms with Crippen molar-refractivity contribution in [3.63, 3.8) is 0 Å². The standard InChI is InChI=1S/C25H19FN4O3S2/c26-18-9-6-10-19(13-18)28-23(31)16-34-25-27-14-22-24(29-25)20-11-4-5-12-21(20)30(35(22,32)33)15-17-7-2-1-3-8-17/h1-14H,15-16H2,(H,28,31). The number of aromatic nitrogens is 2. The molecular weight excluding hydrogens is 487 g/mol. The van der Waals surface area contributed by atoms with Crippen molar-refractivity contribution in [1.82, 2.24) is 9.97 Å². The van der Waals surface area contributed by atoms with Crippen LogP contribution in [-0.2, 0) is 21.4 Å². The molecule has 0 saturated heterocycles. The van der Waals surface area contributed by atoms with Crippen LogP contribution < -0.4 is 9.62 Å². The van der Waals surface area contributed by atoms with E-state index in [2.05, 4.69) is 15.3 Å². The van der Waals surface area contributed by atoms with Crippen LogP contribution in [0.15, 0.2) is 95.1 Å². The number of nitrogens with one attached hydrogen (secondary N) is 1. The van der Waals surface area contributed by atoms with Gasteiger partial charge in [-0.2, -0.15) is 0 Å². The number of hydrogen-bond acceptors (Lipinski definition) is 6. The molecule has 35 heavy (non-hydrogen) atoms. The molecule has 1 amide bonds. The molecule has 176 valence electrons. The minimum absolute atomic E-state index is 0.0145. The number of halogens is 1. The third kappa shape index (κ3) is 4.75. The van der Waals surface area contributed by atoms with E-state index in [-0.39, 0.29) is 28.3 Å². The van der Waals surface area contributed by atoms with E-state index in [9.17, 15) is 17.6 Å². The Morgan fingerprint density at radius 3 is 2.57 bits per heavy atom. The summed E-state index contributed by atoms with van der Waals surface area (Å²) in [7, 11) is -3.90. The van der Waals surface area contributed by atoms with Gasteiger partial charge < -0.3 is 5.32 Å². The minimum atomic E-state index is -3.90. The number of thioether (sulfide) groups is 1. The highest BCUT2D eigenvalue weighted by molar-refractivity contribution is 7.99. The van der Waals surface area contributed by atoms with Crippen LogP contribution in [0.5, 0.6) is 0 Å². The number of amides is 1. The van der Waals surface area contributed by atoms with Crippen molar-refractivity contribution in [3.05, 3.63) is 96.4 Å². The summed E-state index contributed by atoms with van der Waals surface area (Å²) in [5, 5.41) is 2.88. The SMILES string of the molecule is O=C(CSc1ncc2c(n1)-c1ccccc1N(Cc1ccccc1)S2(=O)=O)Nc1cccc(F)c1. The molecule has 1 aliphatic rings. The second kappa shape index (κ2) is 9.47. The second-order valence-corrected chi connectivity index (χ2v) is 10.5. The molecule has 0 fully saturated rings. The normalized spacial score (nSPS) is 13.6. The van der Waals surface area contributed by atoms with E-state index in [4.69, 9.17) is 0 Å². The minimum Gasteiger partial charge on any atom is -0.325 e. The maximum Gasteiger partial charge on any atom is 0.268 e. The van der Waals surface area contributed by atoms with Crippen LogP contribution in [0.2, 0.25) is 0 Å². The van der Waals surface area contributed by atoms with Crippen molar-refractivity contribution in [2.24, 2.45) is 0 Å². The fraction of sp³-hybridized carbons (Fsp3) is 0.0800. The van der Waals surface area contributed by atoms with Crippen LogP contribution in [0.25, 0.3) is 11.3 Å². The maximum absolute atomic E-state index is 13.5. The lowest BCUT2D eigenvalue weighted by Gasteiger charge is -2.31. The lowest BCUT2D eigenvalue weighted by Crippen LogP contribution is -2.34. The summed E-state index contributed by atoms with van der Waals surface area (Å²) in [6.45, 7) is 0.177. The number of carbonyl (C=O) groups is 1. The Kier molecular flexibility index (Phi) is 6.23. The van der Waals surface area contributed by atoms with E-state index in [0.717, 1.165) is 17.3 Å². The molecule has 0 saturated carbocycles. The van der Waals surface area contributed by atoms with E-state index in [1.54, 1.807) is 18.2 Å². The molecule has 4 aromatic rings. The number of fused-ring (bicyclic) bond motifs is 3. The van der Waals surface area contributed by atoms with E-state index >= 15 is 0 Å². The Hall–Kier alpha value is -3.76. The summed E-state index contributed by atoms with van der Waals surface area (Å²) in [4.78, 5) is 21.0. The Balaban J connectivity index is 1.41. The monoisotopic (exact) mass is 506 g/mol. The lowest BCUT2D eigenvalue weighted by molar-refractivity contribution is -0.113. The zero-order valence-electron chi connectivity index (χ0n) is 18.3. The highest BCUT2D eigenvalue weighted by Crippen LogP contribution is 2.42. The quantitative estimate of drug-likeness (QED) is 0.301. The van der Waals surface area contributed by atoms with Crippen LogP contribution in [0.1, 0.15) is 5.56 Å². The average molecular weight is 507 g/mol. The first-order valence-corrected chi connectivity index (χ1v) is 13.1. The third-order valence-corrected chi connectivity index (χ3v) is 7.96. The summed E-state index contributed by atoms with van der Waals surface area (Å²) in [5.74, 6) is -0.831. The molecule has 3 aromatic carbocycles. The van der Waals surface area contributed by atoms with Crippen molar-refractivity contribution in [1.29, 1.82) is 0 Å². The van der Waals surface area contributed by atoms with Gasteiger partial charge in [0.1, 0.15) is 10.7 Å². The predicted octanol–water partition coefficient (Wildman–Crippen LogP) is 4.72. The van der Waals surface area contributed by atoms with Gasteiger partial charge >= 0.3 is 0 Å². The molecule has 1 N–H and O–H groups in total. The highest BCUT2D eigenvalue weighted by atomic mass is 32.2. The first kappa shape index (κ1) is 23.0. The fourth-order valence-corrected chi connectivity index (χ4v) is 5.93. The molecule has 0 aliphatic carbocycles. The zero-order chi connectivity index (χ0) is 24.4. The molecule has 2 heterocycles. The third-order valence-electron chi connectivity index (χ3n) is 5.34. The van der Waals surface area contributed by atoms with Gasteiger partial charge in [-0.3, -0.25) is 9.10 Å². The average Bonchev–Trinajstić information content (AvgIpc) is 2.86. The van der Waals surface area contributed by atoms with Crippen LogP contribution in [0.4, 0.5) is 15.8 Å². The van der Waals surface area contributed by atoms with E-state index < -0.39 is 15.8 Å². The number of carbonyl (C=O) groups excluding carboxylic acids is 1. The number of para-hydroxylation sites is 1. The Bertz CT molecular complexity index is 1510. The lowest BCUT2D eigenvalue weighted by atomic mass is 10.1. The zero-order valence-corrected chi connectivity index (χ0v) is 19.9. The van der Waals surface area contributed by atoms with Gasteiger partial charge in [0.2, 0.25) is 5.91 Å². The fourth-order valence-electron chi connectivity index (χ4n) is 3.76. The van der Waals surface area contributed by atoms with Crippen LogP contribution in [0, 0.1) is 5.82 Å². The van der Waals surface area contributed by atoms with Crippen molar-refractivity contribution >= 4 is 39.1 Å². The number of hydrogen-bond donors (Lipinski definition) is 1. The molecule has 1 aliphatic heterocycles. The van der Waals surface area contributed by atoms with Gasteiger partial charge in [-0.25, -0.2) is 22.8 Å². The number of sulfonamides is 1. The molecule has 0 bridgehead atoms. The molecular formula is C25H19FN4O3S2. The number of benzene rings is 3. The number of nitrogens with zero attached hydrogens (tertiary/aromatic N) is 3. The number of anilines is 2. The molecule has 10 heteroatoms. The van der Waals surface area contributed by atoms with Crippen LogP contribution in [-0.4, -0.2) is 30.0 Å². The topological polar surface area (TPSA) is 92.3 Å². The van der Waals surface area contributed by atoms with E-state index in [1.807, 2.05) is 42.5 Å². The molecule has 5 rings (SSSR count). The largest absolute Gasteiger partial charge is 0.325 e. The van der Waals surface area contributed by atoms with Crippen molar-refractivity contribution in [3.8, 4) is 11.3 Å². The highest BCUT2D eigenvalue weighted by Gasteiger charge is 2.36. The smallest absolute Gasteiger partial charge is 0.268 e.